The quantitative estimate of drug-likeness (QED) is 0.688. The van der Waals surface area contributed by atoms with Gasteiger partial charge in [0, 0.05) is 43.3 Å². The Morgan fingerprint density at radius 1 is 1.32 bits per heavy atom. The molecule has 0 spiro atoms. The minimum Gasteiger partial charge on any atom is -0.356 e. The van der Waals surface area contributed by atoms with Gasteiger partial charge in [0.25, 0.3) is 0 Å². The van der Waals surface area contributed by atoms with Crippen molar-refractivity contribution in [2.45, 2.75) is 52.9 Å². The maximum Gasteiger partial charge on any atom is 0.225 e. The predicted molar refractivity (Wildman–Crippen MR) is 106 cm³/mol. The van der Waals surface area contributed by atoms with E-state index in [2.05, 4.69) is 17.1 Å². The van der Waals surface area contributed by atoms with Gasteiger partial charge in [-0.15, -0.1) is 0 Å². The smallest absolute Gasteiger partial charge is 0.225 e. The van der Waals surface area contributed by atoms with E-state index in [1.807, 2.05) is 48.5 Å². The van der Waals surface area contributed by atoms with E-state index in [-0.39, 0.29) is 17.7 Å². The number of fused-ring (bicyclic) bond motifs is 1. The SMILES string of the molecule is CC[C@H](C)C(=O)N1CCC[C@H](c2c(-c3cc(C)no3)cnc3cc(C)nn23)C1. The zero-order chi connectivity index (χ0) is 19.8. The second kappa shape index (κ2) is 7.37. The molecule has 1 aliphatic rings. The number of aryl methyl sites for hydroxylation is 2. The summed E-state index contributed by atoms with van der Waals surface area (Å²) in [5.74, 6) is 1.16. The third-order valence-electron chi connectivity index (χ3n) is 5.69. The number of nitrogens with zero attached hydrogens (tertiary/aromatic N) is 5. The number of hydrogen-bond acceptors (Lipinski definition) is 5. The third kappa shape index (κ3) is 3.30. The monoisotopic (exact) mass is 381 g/mol. The van der Waals surface area contributed by atoms with Gasteiger partial charge >= 0.3 is 0 Å². The number of rotatable bonds is 4. The van der Waals surface area contributed by atoms with Gasteiger partial charge in [0.15, 0.2) is 11.4 Å². The number of carbonyl (C=O) groups is 1. The molecule has 2 atom stereocenters. The summed E-state index contributed by atoms with van der Waals surface area (Å²) in [6, 6.07) is 3.90. The summed E-state index contributed by atoms with van der Waals surface area (Å²) in [6.07, 6.45) is 4.69. The van der Waals surface area contributed by atoms with E-state index in [4.69, 9.17) is 9.62 Å². The fourth-order valence-electron chi connectivity index (χ4n) is 4.03. The van der Waals surface area contributed by atoms with Gasteiger partial charge < -0.3 is 9.42 Å². The first-order valence-electron chi connectivity index (χ1n) is 10.1. The molecule has 4 heterocycles. The third-order valence-corrected chi connectivity index (χ3v) is 5.69. The average Bonchev–Trinajstić information content (AvgIpc) is 3.30. The number of aromatic nitrogens is 4. The van der Waals surface area contributed by atoms with Crippen molar-refractivity contribution in [3.8, 4) is 11.3 Å². The Morgan fingerprint density at radius 3 is 2.86 bits per heavy atom. The van der Waals surface area contributed by atoms with Crippen LogP contribution in [-0.2, 0) is 4.79 Å². The van der Waals surface area contributed by atoms with Crippen LogP contribution in [0.5, 0.6) is 0 Å². The van der Waals surface area contributed by atoms with Crippen molar-refractivity contribution in [3.05, 3.63) is 35.4 Å². The lowest BCUT2D eigenvalue weighted by Crippen LogP contribution is -2.42. The Kier molecular flexibility index (Phi) is 4.91. The first-order valence-corrected chi connectivity index (χ1v) is 10.1. The van der Waals surface area contributed by atoms with Crippen LogP contribution in [0.3, 0.4) is 0 Å². The van der Waals surface area contributed by atoms with Crippen LogP contribution in [-0.4, -0.2) is 43.7 Å². The highest BCUT2D eigenvalue weighted by atomic mass is 16.5. The van der Waals surface area contributed by atoms with E-state index < -0.39 is 0 Å². The standard InChI is InChI=1S/C21H27N5O2/c1-5-13(2)21(27)25-8-6-7-16(12-25)20-17(18-9-15(4)24-28-18)11-22-19-10-14(3)23-26(19)20/h9-11,13,16H,5-8,12H2,1-4H3/t13-,16-/m0/s1. The van der Waals surface area contributed by atoms with Gasteiger partial charge in [0.1, 0.15) is 0 Å². The van der Waals surface area contributed by atoms with Crippen LogP contribution in [0.2, 0.25) is 0 Å². The summed E-state index contributed by atoms with van der Waals surface area (Å²) in [6.45, 7) is 9.47. The van der Waals surface area contributed by atoms with Crippen molar-refractivity contribution in [2.24, 2.45) is 5.92 Å². The summed E-state index contributed by atoms with van der Waals surface area (Å²) >= 11 is 0. The highest BCUT2D eigenvalue weighted by molar-refractivity contribution is 5.78. The second-order valence-electron chi connectivity index (χ2n) is 7.88. The Hall–Kier alpha value is -2.70. The van der Waals surface area contributed by atoms with Crippen LogP contribution in [0.4, 0.5) is 0 Å². The normalized spacial score (nSPS) is 18.6. The summed E-state index contributed by atoms with van der Waals surface area (Å²) in [4.78, 5) is 19.4. The first kappa shape index (κ1) is 18.7. The lowest BCUT2D eigenvalue weighted by Gasteiger charge is -2.35. The molecule has 0 N–H and O–H groups in total. The zero-order valence-corrected chi connectivity index (χ0v) is 17.0. The summed E-state index contributed by atoms with van der Waals surface area (Å²) in [7, 11) is 0. The molecule has 148 valence electrons. The molecule has 1 fully saturated rings. The molecule has 1 aliphatic heterocycles. The fraction of sp³-hybridized carbons (Fsp3) is 0.524. The first-order chi connectivity index (χ1) is 13.5. The molecule has 28 heavy (non-hydrogen) atoms. The van der Waals surface area contributed by atoms with E-state index in [9.17, 15) is 4.79 Å². The molecule has 0 aromatic carbocycles. The molecule has 3 aromatic rings. The number of amides is 1. The maximum atomic E-state index is 12.8. The van der Waals surface area contributed by atoms with Crippen LogP contribution in [0, 0.1) is 19.8 Å². The summed E-state index contributed by atoms with van der Waals surface area (Å²) in [5, 5.41) is 8.74. The molecule has 0 aliphatic carbocycles. The molecule has 1 saturated heterocycles. The van der Waals surface area contributed by atoms with Crippen LogP contribution in [0.1, 0.15) is 56.1 Å². The van der Waals surface area contributed by atoms with Crippen LogP contribution >= 0.6 is 0 Å². The van der Waals surface area contributed by atoms with Gasteiger partial charge in [-0.2, -0.15) is 5.10 Å². The second-order valence-corrected chi connectivity index (χ2v) is 7.88. The van der Waals surface area contributed by atoms with Crippen molar-refractivity contribution in [1.29, 1.82) is 0 Å². The Labute approximate surface area is 164 Å². The van der Waals surface area contributed by atoms with E-state index in [0.717, 1.165) is 54.1 Å². The molecule has 0 unspecified atom stereocenters. The molecular formula is C21H27N5O2. The van der Waals surface area contributed by atoms with Crippen molar-refractivity contribution < 1.29 is 9.32 Å². The molecule has 0 bridgehead atoms. The van der Waals surface area contributed by atoms with Gasteiger partial charge in [-0.05, 0) is 33.1 Å². The fourth-order valence-corrected chi connectivity index (χ4v) is 4.03. The van der Waals surface area contributed by atoms with Crippen molar-refractivity contribution in [3.63, 3.8) is 0 Å². The maximum absolute atomic E-state index is 12.8. The van der Waals surface area contributed by atoms with E-state index in [0.29, 0.717) is 12.3 Å². The van der Waals surface area contributed by atoms with Gasteiger partial charge in [0.2, 0.25) is 5.91 Å². The number of carbonyl (C=O) groups excluding carboxylic acids is 1. The Morgan fingerprint density at radius 2 is 2.14 bits per heavy atom. The molecule has 7 nitrogen and oxygen atoms in total. The van der Waals surface area contributed by atoms with Crippen LogP contribution < -0.4 is 0 Å². The average molecular weight is 381 g/mol. The van der Waals surface area contributed by atoms with E-state index in [1.165, 1.54) is 0 Å². The molecule has 4 rings (SSSR count). The Bertz CT molecular complexity index is 1010. The van der Waals surface area contributed by atoms with Gasteiger partial charge in [-0.25, -0.2) is 9.50 Å². The van der Waals surface area contributed by atoms with E-state index in [1.54, 1.807) is 0 Å². The lowest BCUT2D eigenvalue weighted by atomic mass is 9.90. The van der Waals surface area contributed by atoms with Crippen molar-refractivity contribution in [2.75, 3.05) is 13.1 Å². The van der Waals surface area contributed by atoms with E-state index >= 15 is 0 Å². The topological polar surface area (TPSA) is 76.5 Å². The zero-order valence-electron chi connectivity index (χ0n) is 17.0. The summed E-state index contributed by atoms with van der Waals surface area (Å²) in [5.41, 5.74) is 4.52. The Balaban J connectivity index is 1.78. The molecule has 0 saturated carbocycles. The minimum atomic E-state index is 0.0551. The minimum absolute atomic E-state index is 0.0551. The van der Waals surface area contributed by atoms with Gasteiger partial charge in [0.05, 0.1) is 22.6 Å². The number of hydrogen-bond donors (Lipinski definition) is 0. The van der Waals surface area contributed by atoms with Crippen LogP contribution in [0.15, 0.2) is 22.9 Å². The molecule has 0 radical (unpaired) electrons. The van der Waals surface area contributed by atoms with Gasteiger partial charge in [-0.1, -0.05) is 19.0 Å². The largest absolute Gasteiger partial charge is 0.356 e. The molecule has 1 amide bonds. The van der Waals surface area contributed by atoms with Gasteiger partial charge in [-0.3, -0.25) is 4.79 Å². The molecule has 7 heteroatoms. The number of likely N-dealkylation sites (tertiary alicyclic amines) is 1. The highest BCUT2D eigenvalue weighted by Gasteiger charge is 2.31. The molecular weight excluding hydrogens is 354 g/mol. The molecule has 3 aromatic heterocycles. The number of piperidine rings is 1. The summed E-state index contributed by atoms with van der Waals surface area (Å²) < 4.78 is 7.48. The van der Waals surface area contributed by atoms with Crippen molar-refractivity contribution >= 4 is 11.6 Å². The lowest BCUT2D eigenvalue weighted by molar-refractivity contribution is -0.136. The van der Waals surface area contributed by atoms with Crippen molar-refractivity contribution in [1.82, 2.24) is 24.7 Å². The highest BCUT2D eigenvalue weighted by Crippen LogP contribution is 2.35. The van der Waals surface area contributed by atoms with Crippen LogP contribution in [0.25, 0.3) is 17.0 Å². The predicted octanol–water partition coefficient (Wildman–Crippen LogP) is 3.75.